The minimum atomic E-state index is -1.09. The van der Waals surface area contributed by atoms with Crippen molar-refractivity contribution in [1.82, 2.24) is 5.32 Å². The number of benzene rings is 1. The minimum absolute atomic E-state index is 0.195. The van der Waals surface area contributed by atoms with Crippen LogP contribution in [0.1, 0.15) is 6.92 Å². The molecule has 0 aliphatic rings. The Balaban J connectivity index is 2.54. The van der Waals surface area contributed by atoms with E-state index in [0.717, 1.165) is 4.90 Å². The van der Waals surface area contributed by atoms with Gasteiger partial charge in [0.2, 0.25) is 5.91 Å². The number of hydrogen-bond donors (Lipinski definition) is 2. The van der Waals surface area contributed by atoms with Gasteiger partial charge in [0.25, 0.3) is 0 Å². The number of rotatable bonds is 5. The van der Waals surface area contributed by atoms with E-state index in [-0.39, 0.29) is 11.6 Å². The molecule has 4 nitrogen and oxygen atoms in total. The Kier molecular flexibility index (Phi) is 4.96. The topological polar surface area (TPSA) is 66.4 Å². The first-order valence-electron chi connectivity index (χ1n) is 4.87. The lowest BCUT2D eigenvalue weighted by Crippen LogP contribution is -2.41. The summed E-state index contributed by atoms with van der Waals surface area (Å²) in [5, 5.41) is 11.2. The van der Waals surface area contributed by atoms with Gasteiger partial charge in [-0.25, -0.2) is 9.18 Å². The average molecular weight is 257 g/mol. The number of amides is 1. The van der Waals surface area contributed by atoms with Crippen molar-refractivity contribution in [3.8, 4) is 0 Å². The predicted octanol–water partition coefficient (Wildman–Crippen LogP) is 1.51. The van der Waals surface area contributed by atoms with Crippen LogP contribution in [0.5, 0.6) is 0 Å². The first-order chi connectivity index (χ1) is 7.99. The number of hydrogen-bond acceptors (Lipinski definition) is 3. The highest BCUT2D eigenvalue weighted by atomic mass is 32.2. The van der Waals surface area contributed by atoms with E-state index in [1.807, 2.05) is 0 Å². The summed E-state index contributed by atoms with van der Waals surface area (Å²) < 4.78 is 12.6. The van der Waals surface area contributed by atoms with E-state index in [1.54, 1.807) is 12.1 Å². The Bertz CT molecular complexity index is 408. The number of halogens is 1. The highest BCUT2D eigenvalue weighted by Gasteiger charge is 2.18. The van der Waals surface area contributed by atoms with Gasteiger partial charge in [0.15, 0.2) is 0 Å². The Morgan fingerprint density at radius 2 is 2.00 bits per heavy atom. The van der Waals surface area contributed by atoms with Gasteiger partial charge in [-0.2, -0.15) is 0 Å². The van der Waals surface area contributed by atoms with Crippen LogP contribution in [0.25, 0.3) is 0 Å². The van der Waals surface area contributed by atoms with Crippen molar-refractivity contribution in [2.75, 3.05) is 5.75 Å². The number of thioether (sulfide) groups is 1. The van der Waals surface area contributed by atoms with Crippen LogP contribution in [0.2, 0.25) is 0 Å². The molecule has 1 rings (SSSR count). The second kappa shape index (κ2) is 6.24. The molecule has 1 atom stereocenters. The van der Waals surface area contributed by atoms with Crippen molar-refractivity contribution in [3.05, 3.63) is 30.1 Å². The second-order valence-electron chi connectivity index (χ2n) is 3.36. The molecule has 0 bridgehead atoms. The van der Waals surface area contributed by atoms with E-state index in [2.05, 4.69) is 5.32 Å². The lowest BCUT2D eigenvalue weighted by Gasteiger charge is -2.12. The summed E-state index contributed by atoms with van der Waals surface area (Å²) in [5.74, 6) is -1.63. The van der Waals surface area contributed by atoms with E-state index in [4.69, 9.17) is 5.11 Å². The number of aliphatic carboxylic acids is 1. The van der Waals surface area contributed by atoms with Crippen LogP contribution in [-0.2, 0) is 9.59 Å². The molecular formula is C11H12FNO3S. The molecule has 2 N–H and O–H groups in total. The maximum absolute atomic E-state index is 12.6. The number of carbonyl (C=O) groups is 2. The predicted molar refractivity (Wildman–Crippen MR) is 62.4 cm³/mol. The summed E-state index contributed by atoms with van der Waals surface area (Å²) in [7, 11) is 0. The van der Waals surface area contributed by atoms with Gasteiger partial charge in [-0.05, 0) is 24.3 Å². The molecule has 0 aromatic heterocycles. The van der Waals surface area contributed by atoms with Crippen LogP contribution in [0.4, 0.5) is 4.39 Å². The average Bonchev–Trinajstić information content (AvgIpc) is 2.25. The zero-order valence-corrected chi connectivity index (χ0v) is 9.96. The summed E-state index contributed by atoms with van der Waals surface area (Å²) in [6.07, 6.45) is 0. The molecule has 0 spiro atoms. The maximum atomic E-state index is 12.6. The molecule has 0 radical (unpaired) electrons. The molecule has 92 valence electrons. The molecule has 1 amide bonds. The number of carboxylic acids is 1. The fraction of sp³-hybridized carbons (Fsp3) is 0.273. The van der Waals surface area contributed by atoms with Crippen molar-refractivity contribution >= 4 is 23.6 Å². The molecular weight excluding hydrogens is 245 g/mol. The van der Waals surface area contributed by atoms with E-state index in [1.165, 1.54) is 30.8 Å². The zero-order chi connectivity index (χ0) is 12.8. The van der Waals surface area contributed by atoms with Gasteiger partial charge in [0.1, 0.15) is 11.9 Å². The lowest BCUT2D eigenvalue weighted by molar-refractivity contribution is -0.140. The van der Waals surface area contributed by atoms with Crippen molar-refractivity contribution < 1.29 is 19.1 Å². The Morgan fingerprint density at radius 3 is 2.47 bits per heavy atom. The zero-order valence-electron chi connectivity index (χ0n) is 9.14. The van der Waals surface area contributed by atoms with Crippen LogP contribution in [0.3, 0.4) is 0 Å². The van der Waals surface area contributed by atoms with E-state index < -0.39 is 17.9 Å². The standard InChI is InChI=1S/C11H12FNO3S/c1-7(14)13-10(11(15)16)6-17-9-4-2-8(12)3-5-9/h2-5,10H,6H2,1H3,(H,13,14)(H,15,16)/t10-/m1/s1. The summed E-state index contributed by atoms with van der Waals surface area (Å²) >= 11 is 1.25. The Morgan fingerprint density at radius 1 is 1.41 bits per heavy atom. The molecule has 0 aliphatic heterocycles. The van der Waals surface area contributed by atoms with Crippen LogP contribution >= 0.6 is 11.8 Å². The van der Waals surface area contributed by atoms with Crippen molar-refractivity contribution in [3.63, 3.8) is 0 Å². The summed E-state index contributed by atoms with van der Waals surface area (Å²) in [4.78, 5) is 22.4. The third-order valence-corrected chi connectivity index (χ3v) is 3.01. The first-order valence-corrected chi connectivity index (χ1v) is 5.86. The number of carboxylic acid groups (broad SMARTS) is 1. The summed E-state index contributed by atoms with van der Waals surface area (Å²) in [5.41, 5.74) is 0. The van der Waals surface area contributed by atoms with Gasteiger partial charge in [0.05, 0.1) is 0 Å². The van der Waals surface area contributed by atoms with Crippen LogP contribution < -0.4 is 5.32 Å². The molecule has 0 heterocycles. The fourth-order valence-corrected chi connectivity index (χ4v) is 2.04. The van der Waals surface area contributed by atoms with Crippen molar-refractivity contribution in [1.29, 1.82) is 0 Å². The normalized spacial score (nSPS) is 11.9. The SMILES string of the molecule is CC(=O)N[C@H](CSc1ccc(F)cc1)C(=O)O. The third-order valence-electron chi connectivity index (χ3n) is 1.91. The third kappa shape index (κ3) is 4.86. The molecule has 6 heteroatoms. The van der Waals surface area contributed by atoms with Crippen LogP contribution in [-0.4, -0.2) is 28.8 Å². The number of carbonyl (C=O) groups excluding carboxylic acids is 1. The van der Waals surface area contributed by atoms with Gasteiger partial charge in [0, 0.05) is 17.6 Å². The Labute approximate surface area is 102 Å². The molecule has 0 aliphatic carbocycles. The highest BCUT2D eigenvalue weighted by Crippen LogP contribution is 2.18. The smallest absolute Gasteiger partial charge is 0.327 e. The molecule has 0 saturated heterocycles. The second-order valence-corrected chi connectivity index (χ2v) is 4.45. The van der Waals surface area contributed by atoms with E-state index >= 15 is 0 Å². The lowest BCUT2D eigenvalue weighted by atomic mass is 10.3. The highest BCUT2D eigenvalue weighted by molar-refractivity contribution is 7.99. The van der Waals surface area contributed by atoms with Crippen molar-refractivity contribution in [2.24, 2.45) is 0 Å². The minimum Gasteiger partial charge on any atom is -0.480 e. The molecule has 0 unspecified atom stereocenters. The molecule has 1 aromatic carbocycles. The Hall–Kier alpha value is -1.56. The van der Waals surface area contributed by atoms with Crippen LogP contribution in [0, 0.1) is 5.82 Å². The maximum Gasteiger partial charge on any atom is 0.327 e. The molecule has 17 heavy (non-hydrogen) atoms. The first kappa shape index (κ1) is 13.5. The molecule has 0 fully saturated rings. The van der Waals surface area contributed by atoms with E-state index in [0.29, 0.717) is 0 Å². The van der Waals surface area contributed by atoms with Crippen molar-refractivity contribution in [2.45, 2.75) is 17.9 Å². The molecule has 0 saturated carbocycles. The van der Waals surface area contributed by atoms with Gasteiger partial charge < -0.3 is 10.4 Å². The van der Waals surface area contributed by atoms with E-state index in [9.17, 15) is 14.0 Å². The largest absolute Gasteiger partial charge is 0.480 e. The number of nitrogens with one attached hydrogen (secondary N) is 1. The quantitative estimate of drug-likeness (QED) is 0.785. The van der Waals surface area contributed by atoms with Crippen LogP contribution in [0.15, 0.2) is 29.2 Å². The van der Waals surface area contributed by atoms with Gasteiger partial charge in [-0.1, -0.05) is 0 Å². The fourth-order valence-electron chi connectivity index (χ4n) is 1.13. The van der Waals surface area contributed by atoms with Gasteiger partial charge in [-0.3, -0.25) is 4.79 Å². The summed E-state index contributed by atoms with van der Waals surface area (Å²) in [6, 6.07) is 4.79. The summed E-state index contributed by atoms with van der Waals surface area (Å²) in [6.45, 7) is 1.26. The molecule has 1 aromatic rings. The van der Waals surface area contributed by atoms with Gasteiger partial charge in [-0.15, -0.1) is 11.8 Å². The monoisotopic (exact) mass is 257 g/mol. The van der Waals surface area contributed by atoms with Gasteiger partial charge >= 0.3 is 5.97 Å².